The molecule has 1 amide bonds. The topological polar surface area (TPSA) is 175 Å². The molecule has 2 bridgehead atoms. The van der Waals surface area contributed by atoms with E-state index in [-0.39, 0.29) is 51.2 Å². The minimum Gasteiger partial charge on any atom is -0.459 e. The number of carbonyl (C=O) groups excluding carboxylic acids is 3. The molecular formula is C38H59N3O11S. The van der Waals surface area contributed by atoms with Crippen LogP contribution in [0.3, 0.4) is 0 Å². The third kappa shape index (κ3) is 10.6. The fourth-order valence-electron chi connectivity index (χ4n) is 7.60. The quantitative estimate of drug-likeness (QED) is 0.233. The van der Waals surface area contributed by atoms with Crippen molar-refractivity contribution in [2.75, 3.05) is 27.3 Å². The molecule has 0 spiro atoms. The van der Waals surface area contributed by atoms with Crippen LogP contribution in [0.1, 0.15) is 86.0 Å². The van der Waals surface area contributed by atoms with Crippen molar-refractivity contribution in [1.29, 1.82) is 0 Å². The molecule has 0 unspecified atom stereocenters. The number of fused-ring (bicyclic) bond motifs is 5. The Morgan fingerprint density at radius 3 is 2.49 bits per heavy atom. The van der Waals surface area contributed by atoms with E-state index in [2.05, 4.69) is 10.1 Å². The van der Waals surface area contributed by atoms with Crippen LogP contribution in [0.4, 0.5) is 0 Å². The summed E-state index contributed by atoms with van der Waals surface area (Å²) in [6.45, 7) is 13.2. The highest BCUT2D eigenvalue weighted by Crippen LogP contribution is 2.39. The summed E-state index contributed by atoms with van der Waals surface area (Å²) in [5.74, 6) is -4.45. The molecule has 0 aromatic carbocycles. The molecule has 2 N–H and O–H groups in total. The van der Waals surface area contributed by atoms with Crippen molar-refractivity contribution in [3.63, 3.8) is 0 Å². The van der Waals surface area contributed by atoms with E-state index in [0.717, 1.165) is 4.88 Å². The fraction of sp³-hybridized carbons (Fsp3) is 0.763. The van der Waals surface area contributed by atoms with Crippen LogP contribution in [0, 0.1) is 17.8 Å². The summed E-state index contributed by atoms with van der Waals surface area (Å²) < 4.78 is 32.0. The highest BCUT2D eigenvalue weighted by Gasteiger charge is 2.51. The van der Waals surface area contributed by atoms with Crippen molar-refractivity contribution < 1.29 is 53.1 Å². The van der Waals surface area contributed by atoms with Crippen LogP contribution in [0.2, 0.25) is 0 Å². The third-order valence-corrected chi connectivity index (χ3v) is 11.6. The fourth-order valence-corrected chi connectivity index (χ4v) is 8.21. The van der Waals surface area contributed by atoms with E-state index < -0.39 is 77.3 Å². The number of cyclic esters (lactones) is 1. The van der Waals surface area contributed by atoms with Gasteiger partial charge in [0.1, 0.15) is 29.4 Å². The number of ketones is 1. The highest BCUT2D eigenvalue weighted by atomic mass is 32.1. The predicted octanol–water partition coefficient (Wildman–Crippen LogP) is 3.94. The highest BCUT2D eigenvalue weighted by molar-refractivity contribution is 7.09. The van der Waals surface area contributed by atoms with Gasteiger partial charge >= 0.3 is 5.97 Å². The number of nitrogens with zero attached hydrogens (tertiary/aromatic N) is 3. The Labute approximate surface area is 317 Å². The van der Waals surface area contributed by atoms with Crippen LogP contribution in [0.15, 0.2) is 27.7 Å². The number of aliphatic hydroxyl groups excluding tert-OH is 1. The molecule has 15 heteroatoms. The third-order valence-electron chi connectivity index (χ3n) is 10.8. The average molecular weight is 766 g/mol. The maximum absolute atomic E-state index is 14.4. The molecule has 1 aromatic rings. The first-order chi connectivity index (χ1) is 24.9. The van der Waals surface area contributed by atoms with Crippen molar-refractivity contribution in [3.05, 3.63) is 22.4 Å². The predicted molar refractivity (Wildman–Crippen MR) is 199 cm³/mol. The summed E-state index contributed by atoms with van der Waals surface area (Å²) in [5, 5.41) is 30.0. The standard InChI is InChI=1S/C38H59N3O11S/c1-11-30-38(8,46)31-16-28(39-25(6)42)21(2)17-37(7,48-19-26(18-47-31)40-49-20-27-13-12-14-53-27)34(23(4)32(43)24(5)35(45)51-30)52-36-33(44)29(41(9)10)15-22(3)50-36/h12-14,21-24,29-31,33-34,36,44,46H,11,15-20H2,1-10H3/b39-28?,40-26-/t21-,22-,23+,24-,29+,30-,31-,33-,34-,36+,37-,38-/m1/s1. The Bertz CT molecular complexity index is 1470. The SMILES string of the molecule is CC[C@H]1OC(=O)[C@H](C)C(=O)[C@H](C)[C@@H](O[C@@H]2O[C@H](C)C[C@H](N(C)C)[C@H]2O)[C@@]2(C)C[C@@H](C)C(=NC(C)=O)C[C@@H](OC/C(=N/OCc3cccs3)CO2)[C@]1(C)O. The molecule has 4 heterocycles. The monoisotopic (exact) mass is 765 g/mol. The number of oxime groups is 1. The van der Waals surface area contributed by atoms with Gasteiger partial charge in [-0.2, -0.15) is 0 Å². The molecule has 12 atom stereocenters. The maximum atomic E-state index is 14.4. The summed E-state index contributed by atoms with van der Waals surface area (Å²) in [4.78, 5) is 53.7. The van der Waals surface area contributed by atoms with Crippen LogP contribution < -0.4 is 0 Å². The van der Waals surface area contributed by atoms with E-state index in [1.807, 2.05) is 50.4 Å². The van der Waals surface area contributed by atoms with Crippen LogP contribution in [0.25, 0.3) is 0 Å². The Hall–Kier alpha value is -2.63. The number of esters is 1. The molecule has 53 heavy (non-hydrogen) atoms. The summed E-state index contributed by atoms with van der Waals surface area (Å²) in [7, 11) is 3.74. The van der Waals surface area contributed by atoms with Gasteiger partial charge in [0.05, 0.1) is 37.1 Å². The summed E-state index contributed by atoms with van der Waals surface area (Å²) in [5.41, 5.74) is -2.37. The van der Waals surface area contributed by atoms with Crippen LogP contribution >= 0.6 is 11.3 Å². The molecule has 3 aliphatic rings. The second-order valence-corrected chi connectivity index (χ2v) is 16.5. The van der Waals surface area contributed by atoms with Gasteiger partial charge in [0, 0.05) is 35.9 Å². The average Bonchev–Trinajstić information content (AvgIpc) is 3.61. The number of aliphatic imine (C=N–C) groups is 1. The van der Waals surface area contributed by atoms with E-state index in [1.54, 1.807) is 20.8 Å². The molecule has 3 fully saturated rings. The van der Waals surface area contributed by atoms with Gasteiger partial charge in [-0.15, -0.1) is 11.3 Å². The van der Waals surface area contributed by atoms with Crippen molar-refractivity contribution in [2.24, 2.45) is 27.9 Å². The first-order valence-corrected chi connectivity index (χ1v) is 19.4. The number of amides is 1. The summed E-state index contributed by atoms with van der Waals surface area (Å²) in [6.07, 6.45) is -4.81. The molecule has 0 aliphatic carbocycles. The van der Waals surface area contributed by atoms with Crippen molar-refractivity contribution >= 4 is 40.4 Å². The largest absolute Gasteiger partial charge is 0.459 e. The smallest absolute Gasteiger partial charge is 0.316 e. The number of carbonyl (C=O) groups is 3. The number of rotatable bonds is 7. The van der Waals surface area contributed by atoms with Gasteiger partial charge in [-0.25, -0.2) is 4.99 Å². The zero-order valence-corrected chi connectivity index (χ0v) is 33.6. The Kier molecular flexibility index (Phi) is 14.9. The summed E-state index contributed by atoms with van der Waals surface area (Å²) >= 11 is 1.52. The van der Waals surface area contributed by atoms with E-state index in [1.165, 1.54) is 32.1 Å². The zero-order valence-electron chi connectivity index (χ0n) is 32.8. The molecule has 0 saturated carbocycles. The Balaban J connectivity index is 1.91. The Morgan fingerprint density at radius 1 is 1.15 bits per heavy atom. The van der Waals surface area contributed by atoms with Crippen LogP contribution in [-0.4, -0.2) is 126 Å². The number of hydrogen-bond donors (Lipinski definition) is 2. The first kappa shape index (κ1) is 43.1. The van der Waals surface area contributed by atoms with Gasteiger partial charge in [0.15, 0.2) is 18.7 Å². The van der Waals surface area contributed by atoms with Gasteiger partial charge in [0.25, 0.3) is 0 Å². The van der Waals surface area contributed by atoms with E-state index >= 15 is 0 Å². The molecule has 298 valence electrons. The molecule has 1 aromatic heterocycles. The lowest BCUT2D eigenvalue weighted by molar-refractivity contribution is -0.296. The van der Waals surface area contributed by atoms with Crippen molar-refractivity contribution in [2.45, 2.75) is 142 Å². The molecule has 3 saturated heterocycles. The van der Waals surface area contributed by atoms with E-state index in [0.29, 0.717) is 17.8 Å². The second-order valence-electron chi connectivity index (χ2n) is 15.4. The van der Waals surface area contributed by atoms with Crippen molar-refractivity contribution in [3.8, 4) is 0 Å². The molecule has 4 rings (SSSR count). The normalized spacial score (nSPS) is 39.6. The number of aliphatic hydroxyl groups is 2. The van der Waals surface area contributed by atoms with E-state index in [4.69, 9.17) is 28.5 Å². The molecule has 0 radical (unpaired) electrons. The number of hydrogen-bond acceptors (Lipinski definition) is 14. The number of ether oxygens (including phenoxy) is 5. The minimum absolute atomic E-state index is 0.00322. The number of likely N-dealkylation sites (N-methyl/N-ethyl adjacent to an activating group) is 1. The Morgan fingerprint density at radius 2 is 1.87 bits per heavy atom. The first-order valence-electron chi connectivity index (χ1n) is 18.5. The number of thiophene rings is 1. The molecule has 3 aliphatic heterocycles. The van der Waals surface area contributed by atoms with Gasteiger partial charge in [0.2, 0.25) is 5.91 Å². The molecular weight excluding hydrogens is 706 g/mol. The lowest BCUT2D eigenvalue weighted by atomic mass is 9.76. The summed E-state index contributed by atoms with van der Waals surface area (Å²) in [6, 6.07) is 3.54. The maximum Gasteiger partial charge on any atom is 0.316 e. The van der Waals surface area contributed by atoms with Crippen LogP contribution in [0.5, 0.6) is 0 Å². The minimum atomic E-state index is -1.79. The van der Waals surface area contributed by atoms with Gasteiger partial charge in [-0.05, 0) is 78.4 Å². The van der Waals surface area contributed by atoms with Crippen molar-refractivity contribution in [1.82, 2.24) is 4.90 Å². The van der Waals surface area contributed by atoms with E-state index in [9.17, 15) is 24.6 Å². The lowest BCUT2D eigenvalue weighted by Gasteiger charge is -2.47. The lowest BCUT2D eigenvalue weighted by Crippen LogP contribution is -2.59. The zero-order chi connectivity index (χ0) is 39.2. The molecule has 14 nitrogen and oxygen atoms in total. The van der Waals surface area contributed by atoms with Crippen LogP contribution in [-0.2, 0) is 49.5 Å². The number of Topliss-reactive ketones (excluding diaryl/α,β-unsaturated/α-hetero) is 1. The van der Waals surface area contributed by atoms with Gasteiger partial charge in [-0.3, -0.25) is 14.4 Å². The van der Waals surface area contributed by atoms with Gasteiger partial charge in [-0.1, -0.05) is 32.0 Å². The van der Waals surface area contributed by atoms with Gasteiger partial charge < -0.3 is 43.6 Å². The second kappa shape index (κ2) is 18.3.